The first kappa shape index (κ1) is 19.2. The van der Waals surface area contributed by atoms with E-state index < -0.39 is 0 Å². The SMILES string of the molecule is CC(=O)c1cccc(NC(=O)c2cccc(N3C(=O)[C@@H]4[C@H]5C=C[C@@H]([C@@H]6C[C@@H]56)[C@H]4C3=O)c2)c1. The van der Waals surface area contributed by atoms with Gasteiger partial charge in [0.2, 0.25) is 11.8 Å². The van der Waals surface area contributed by atoms with Gasteiger partial charge in [0.15, 0.2) is 5.78 Å². The standard InChI is InChI=1S/C26H22N2O4/c1-13(29)14-4-2-6-16(10-14)27-24(30)15-5-3-7-17(11-15)28-25(31)22-18-8-9-19(21-12-20(18)21)23(22)26(28)32/h2-11,18-23H,12H2,1H3,(H,27,30)/t18-,19-,20-,21-,22+,23+/m0/s1. The van der Waals surface area contributed by atoms with E-state index in [9.17, 15) is 19.2 Å². The smallest absolute Gasteiger partial charge is 0.255 e. The van der Waals surface area contributed by atoms with Gasteiger partial charge in [-0.25, -0.2) is 4.90 Å². The van der Waals surface area contributed by atoms with E-state index in [1.54, 1.807) is 48.5 Å². The molecule has 2 aromatic carbocycles. The van der Waals surface area contributed by atoms with Crippen LogP contribution in [0.25, 0.3) is 0 Å². The number of nitrogens with zero attached hydrogens (tertiary/aromatic N) is 1. The molecule has 0 spiro atoms. The summed E-state index contributed by atoms with van der Waals surface area (Å²) in [6, 6.07) is 13.4. The number of carbonyl (C=O) groups excluding carboxylic acids is 4. The summed E-state index contributed by atoms with van der Waals surface area (Å²) in [6.07, 6.45) is 5.41. The summed E-state index contributed by atoms with van der Waals surface area (Å²) in [5, 5.41) is 2.79. The van der Waals surface area contributed by atoms with Gasteiger partial charge in [0.1, 0.15) is 0 Å². The van der Waals surface area contributed by atoms with Crippen molar-refractivity contribution in [2.24, 2.45) is 35.5 Å². The number of amides is 3. The molecule has 2 aromatic rings. The molecular weight excluding hydrogens is 404 g/mol. The van der Waals surface area contributed by atoms with Gasteiger partial charge in [-0.2, -0.15) is 0 Å². The van der Waals surface area contributed by atoms with Crippen LogP contribution in [0.2, 0.25) is 0 Å². The highest BCUT2D eigenvalue weighted by atomic mass is 16.2. The Morgan fingerprint density at radius 1 is 0.875 bits per heavy atom. The Kier molecular flexibility index (Phi) is 4.03. The largest absolute Gasteiger partial charge is 0.322 e. The Labute approximate surface area is 185 Å². The summed E-state index contributed by atoms with van der Waals surface area (Å²) < 4.78 is 0. The third-order valence-corrected chi connectivity index (χ3v) is 7.56. The van der Waals surface area contributed by atoms with E-state index in [4.69, 9.17) is 0 Å². The number of rotatable bonds is 4. The van der Waals surface area contributed by atoms with Crippen LogP contribution in [0.5, 0.6) is 0 Å². The van der Waals surface area contributed by atoms with Gasteiger partial charge in [0.25, 0.3) is 5.91 Å². The minimum atomic E-state index is -0.368. The summed E-state index contributed by atoms with van der Waals surface area (Å²) in [5.41, 5.74) is 1.80. The average molecular weight is 426 g/mol. The van der Waals surface area contributed by atoms with Gasteiger partial charge in [-0.15, -0.1) is 0 Å². The molecule has 2 saturated carbocycles. The molecule has 6 nitrogen and oxygen atoms in total. The average Bonchev–Trinajstić information content (AvgIpc) is 3.57. The lowest BCUT2D eigenvalue weighted by Gasteiger charge is -2.37. The molecule has 3 fully saturated rings. The normalized spacial score (nSPS) is 31.3. The number of allylic oxidation sites excluding steroid dienone is 2. The van der Waals surface area contributed by atoms with E-state index in [1.807, 2.05) is 0 Å². The lowest BCUT2D eigenvalue weighted by Crippen LogP contribution is -2.40. The second-order valence-corrected chi connectivity index (χ2v) is 9.31. The monoisotopic (exact) mass is 426 g/mol. The van der Waals surface area contributed by atoms with Crippen LogP contribution < -0.4 is 10.2 Å². The zero-order chi connectivity index (χ0) is 22.1. The first-order valence-electron chi connectivity index (χ1n) is 11.0. The van der Waals surface area contributed by atoms with Crippen molar-refractivity contribution in [1.29, 1.82) is 0 Å². The fraction of sp³-hybridized carbons (Fsp3) is 0.308. The lowest BCUT2D eigenvalue weighted by atomic mass is 9.63. The maximum atomic E-state index is 13.3. The van der Waals surface area contributed by atoms with Crippen molar-refractivity contribution < 1.29 is 19.2 Å². The molecule has 6 atom stereocenters. The molecule has 1 heterocycles. The summed E-state index contributed by atoms with van der Waals surface area (Å²) in [5.74, 6) is 0.141. The molecule has 1 aliphatic heterocycles. The van der Waals surface area contributed by atoms with E-state index in [0.717, 1.165) is 6.42 Å². The van der Waals surface area contributed by atoms with Crippen LogP contribution in [0.4, 0.5) is 11.4 Å². The van der Waals surface area contributed by atoms with Crippen LogP contribution in [0, 0.1) is 35.5 Å². The maximum absolute atomic E-state index is 13.3. The number of anilines is 2. The summed E-state index contributed by atoms with van der Waals surface area (Å²) in [7, 11) is 0. The Hall–Kier alpha value is -3.54. The van der Waals surface area contributed by atoms with E-state index in [1.165, 1.54) is 11.8 Å². The molecule has 6 heteroatoms. The van der Waals surface area contributed by atoms with Gasteiger partial charge in [-0.3, -0.25) is 19.2 Å². The molecule has 0 unspecified atom stereocenters. The predicted molar refractivity (Wildman–Crippen MR) is 118 cm³/mol. The third-order valence-electron chi connectivity index (χ3n) is 7.56. The third kappa shape index (κ3) is 2.72. The summed E-state index contributed by atoms with van der Waals surface area (Å²) >= 11 is 0. The first-order valence-corrected chi connectivity index (χ1v) is 11.0. The molecule has 32 heavy (non-hydrogen) atoms. The summed E-state index contributed by atoms with van der Waals surface area (Å²) in [6.45, 7) is 1.47. The molecular formula is C26H22N2O4. The molecule has 4 aliphatic carbocycles. The Balaban J connectivity index is 1.27. The van der Waals surface area contributed by atoms with Gasteiger partial charge in [0.05, 0.1) is 17.5 Å². The van der Waals surface area contributed by atoms with Crippen molar-refractivity contribution in [3.63, 3.8) is 0 Å². The van der Waals surface area contributed by atoms with E-state index in [-0.39, 0.29) is 47.2 Å². The molecule has 2 bridgehead atoms. The number of benzene rings is 2. The van der Waals surface area contributed by atoms with Gasteiger partial charge in [-0.1, -0.05) is 30.4 Å². The van der Waals surface area contributed by atoms with E-state index in [0.29, 0.717) is 34.3 Å². The fourth-order valence-electron chi connectivity index (χ4n) is 6.02. The van der Waals surface area contributed by atoms with Crippen LogP contribution in [0.15, 0.2) is 60.7 Å². The Morgan fingerprint density at radius 2 is 1.50 bits per heavy atom. The summed E-state index contributed by atoms with van der Waals surface area (Å²) in [4.78, 5) is 52.4. The van der Waals surface area contributed by atoms with Gasteiger partial charge >= 0.3 is 0 Å². The molecule has 160 valence electrons. The molecule has 0 aromatic heterocycles. The van der Waals surface area contributed by atoms with Crippen molar-refractivity contribution in [1.82, 2.24) is 0 Å². The highest BCUT2D eigenvalue weighted by Gasteiger charge is 2.67. The van der Waals surface area contributed by atoms with Crippen LogP contribution >= 0.6 is 0 Å². The van der Waals surface area contributed by atoms with E-state index >= 15 is 0 Å². The van der Waals surface area contributed by atoms with Crippen LogP contribution in [-0.2, 0) is 9.59 Å². The molecule has 1 N–H and O–H groups in total. The first-order chi connectivity index (χ1) is 15.4. The Morgan fingerprint density at radius 3 is 2.16 bits per heavy atom. The highest BCUT2D eigenvalue weighted by Crippen LogP contribution is 2.65. The van der Waals surface area contributed by atoms with Gasteiger partial charge in [-0.05, 0) is 67.3 Å². The highest BCUT2D eigenvalue weighted by molar-refractivity contribution is 6.23. The number of ketones is 1. The fourth-order valence-corrected chi connectivity index (χ4v) is 6.02. The van der Waals surface area contributed by atoms with Crippen molar-refractivity contribution in [2.45, 2.75) is 13.3 Å². The number of nitrogens with one attached hydrogen (secondary N) is 1. The minimum Gasteiger partial charge on any atom is -0.322 e. The topological polar surface area (TPSA) is 83.6 Å². The molecule has 5 aliphatic rings. The van der Waals surface area contributed by atoms with E-state index in [2.05, 4.69) is 17.5 Å². The zero-order valence-electron chi connectivity index (χ0n) is 17.5. The molecule has 1 saturated heterocycles. The number of hydrogen-bond donors (Lipinski definition) is 1. The molecule has 3 amide bonds. The second kappa shape index (κ2) is 6.73. The van der Waals surface area contributed by atoms with Crippen LogP contribution in [0.1, 0.15) is 34.1 Å². The van der Waals surface area contributed by atoms with Crippen molar-refractivity contribution in [2.75, 3.05) is 10.2 Å². The lowest BCUT2D eigenvalue weighted by molar-refractivity contribution is -0.124. The number of Topliss-reactive ketones (excluding diaryl/α,β-unsaturated/α-hetero) is 1. The van der Waals surface area contributed by atoms with Gasteiger partial charge < -0.3 is 5.32 Å². The van der Waals surface area contributed by atoms with Crippen molar-refractivity contribution in [3.05, 3.63) is 71.8 Å². The van der Waals surface area contributed by atoms with Crippen molar-refractivity contribution >= 4 is 34.9 Å². The second-order valence-electron chi connectivity index (χ2n) is 9.31. The Bertz CT molecular complexity index is 1200. The number of imide groups is 1. The van der Waals surface area contributed by atoms with Gasteiger partial charge in [0, 0.05) is 16.8 Å². The number of carbonyl (C=O) groups is 4. The number of hydrogen-bond acceptors (Lipinski definition) is 4. The molecule has 7 rings (SSSR count). The maximum Gasteiger partial charge on any atom is 0.255 e. The predicted octanol–water partition coefficient (Wildman–Crippen LogP) is 3.70. The van der Waals surface area contributed by atoms with Crippen molar-refractivity contribution in [3.8, 4) is 0 Å². The minimum absolute atomic E-state index is 0.0864. The van der Waals surface area contributed by atoms with Crippen LogP contribution in [0.3, 0.4) is 0 Å². The van der Waals surface area contributed by atoms with Crippen LogP contribution in [-0.4, -0.2) is 23.5 Å². The zero-order valence-corrected chi connectivity index (χ0v) is 17.5. The molecule has 0 radical (unpaired) electrons. The quantitative estimate of drug-likeness (QED) is 0.459.